The van der Waals surface area contributed by atoms with Crippen LogP contribution in [0.2, 0.25) is 0 Å². The first kappa shape index (κ1) is 20.3. The van der Waals surface area contributed by atoms with Crippen molar-refractivity contribution in [2.75, 3.05) is 6.61 Å². The summed E-state index contributed by atoms with van der Waals surface area (Å²) in [5.41, 5.74) is 0.00565. The molecule has 5 atom stereocenters. The van der Waals surface area contributed by atoms with Gasteiger partial charge in [0.2, 0.25) is 5.91 Å². The van der Waals surface area contributed by atoms with E-state index in [-0.39, 0.29) is 30.4 Å². The van der Waals surface area contributed by atoms with Crippen LogP contribution < -0.4 is 5.32 Å². The third-order valence-corrected chi connectivity index (χ3v) is 6.33. The van der Waals surface area contributed by atoms with Gasteiger partial charge in [-0.15, -0.1) is 0 Å². The molecule has 2 fully saturated rings. The number of benzene rings is 1. The standard InChI is InChI=1S/C22H33NO4/c1-15(2)20(26)23-18-9-10-22(11-12-24)14-17(16-7-5-4-6-8-16)13-21(3,27-22)19(18)25/h4-8,15,17-19,24-25H,9-14H2,1-3H3,(H,23,26)/t17-,18-,19+,21+,22-/m1/s1. The predicted octanol–water partition coefficient (Wildman–Crippen LogP) is 2.76. The fraction of sp³-hybridized carbons (Fsp3) is 0.682. The van der Waals surface area contributed by atoms with Gasteiger partial charge in [-0.1, -0.05) is 44.2 Å². The lowest BCUT2D eigenvalue weighted by Gasteiger charge is -2.50. The Balaban J connectivity index is 1.92. The van der Waals surface area contributed by atoms with Crippen molar-refractivity contribution in [1.82, 2.24) is 5.32 Å². The van der Waals surface area contributed by atoms with Gasteiger partial charge < -0.3 is 20.3 Å². The summed E-state index contributed by atoms with van der Waals surface area (Å²) < 4.78 is 6.54. The topological polar surface area (TPSA) is 78.8 Å². The number of ether oxygens (including phenoxy) is 1. The molecular weight excluding hydrogens is 342 g/mol. The second-order valence-corrected chi connectivity index (χ2v) is 8.84. The summed E-state index contributed by atoms with van der Waals surface area (Å²) in [7, 11) is 0. The molecule has 3 rings (SSSR count). The highest BCUT2D eigenvalue weighted by molar-refractivity contribution is 5.78. The van der Waals surface area contributed by atoms with Crippen LogP contribution in [-0.4, -0.2) is 46.1 Å². The van der Waals surface area contributed by atoms with Crippen molar-refractivity contribution in [3.05, 3.63) is 35.9 Å². The number of carbonyl (C=O) groups excluding carboxylic acids is 1. The smallest absolute Gasteiger partial charge is 0.222 e. The van der Waals surface area contributed by atoms with Gasteiger partial charge in [0.05, 0.1) is 17.2 Å². The van der Waals surface area contributed by atoms with Crippen LogP contribution in [0.25, 0.3) is 0 Å². The zero-order valence-corrected chi connectivity index (χ0v) is 16.6. The van der Waals surface area contributed by atoms with Gasteiger partial charge in [0.1, 0.15) is 6.10 Å². The van der Waals surface area contributed by atoms with Crippen molar-refractivity contribution in [1.29, 1.82) is 0 Å². The van der Waals surface area contributed by atoms with Crippen molar-refractivity contribution in [3.8, 4) is 0 Å². The van der Waals surface area contributed by atoms with Gasteiger partial charge in [-0.3, -0.25) is 4.79 Å². The number of fused-ring (bicyclic) bond motifs is 2. The molecule has 0 spiro atoms. The summed E-state index contributed by atoms with van der Waals surface area (Å²) in [4.78, 5) is 12.3. The molecule has 2 saturated heterocycles. The second-order valence-electron chi connectivity index (χ2n) is 8.84. The Morgan fingerprint density at radius 2 is 2.00 bits per heavy atom. The first-order valence-electron chi connectivity index (χ1n) is 10.1. The Kier molecular flexibility index (Phi) is 5.94. The number of rotatable bonds is 5. The number of amides is 1. The molecule has 3 N–H and O–H groups in total. The minimum atomic E-state index is -0.785. The van der Waals surface area contributed by atoms with Crippen LogP contribution in [0.5, 0.6) is 0 Å². The summed E-state index contributed by atoms with van der Waals surface area (Å²) >= 11 is 0. The van der Waals surface area contributed by atoms with E-state index < -0.39 is 17.3 Å². The molecule has 5 nitrogen and oxygen atoms in total. The maximum atomic E-state index is 12.3. The van der Waals surface area contributed by atoms with Gasteiger partial charge in [0.15, 0.2) is 0 Å². The Morgan fingerprint density at radius 3 is 2.63 bits per heavy atom. The highest BCUT2D eigenvalue weighted by Gasteiger charge is 2.54. The van der Waals surface area contributed by atoms with Crippen molar-refractivity contribution in [2.24, 2.45) is 5.92 Å². The van der Waals surface area contributed by atoms with Gasteiger partial charge in [-0.05, 0) is 50.5 Å². The monoisotopic (exact) mass is 375 g/mol. The average Bonchev–Trinajstić information content (AvgIpc) is 2.70. The SMILES string of the molecule is CC(C)C(=O)N[C@@H]1CC[C@@]2(CCO)C[C@H](c3ccccc3)C[C@](C)(O2)[C@H]1O. The minimum Gasteiger partial charge on any atom is -0.396 e. The van der Waals surface area contributed by atoms with Crippen LogP contribution in [-0.2, 0) is 9.53 Å². The van der Waals surface area contributed by atoms with Crippen molar-refractivity contribution in [2.45, 2.75) is 82.1 Å². The zero-order valence-electron chi connectivity index (χ0n) is 16.6. The molecule has 2 heterocycles. The van der Waals surface area contributed by atoms with Crippen LogP contribution in [0.3, 0.4) is 0 Å². The summed E-state index contributed by atoms with van der Waals surface area (Å²) in [5, 5.41) is 23.9. The van der Waals surface area contributed by atoms with E-state index in [4.69, 9.17) is 4.74 Å². The van der Waals surface area contributed by atoms with Crippen molar-refractivity contribution in [3.63, 3.8) is 0 Å². The molecule has 5 heteroatoms. The highest BCUT2D eigenvalue weighted by atomic mass is 16.5. The molecular formula is C22H33NO4. The third kappa shape index (κ3) is 4.20. The maximum absolute atomic E-state index is 12.3. The Morgan fingerprint density at radius 1 is 1.30 bits per heavy atom. The first-order valence-corrected chi connectivity index (χ1v) is 10.1. The Bertz CT molecular complexity index is 649. The lowest BCUT2D eigenvalue weighted by atomic mass is 9.73. The number of carbonyl (C=O) groups is 1. The summed E-state index contributed by atoms with van der Waals surface area (Å²) in [6, 6.07) is 10.0. The van der Waals surface area contributed by atoms with E-state index >= 15 is 0 Å². The molecule has 1 aromatic rings. The number of aliphatic hydroxyl groups is 2. The van der Waals surface area contributed by atoms with E-state index in [2.05, 4.69) is 17.4 Å². The van der Waals surface area contributed by atoms with Crippen molar-refractivity contribution >= 4 is 5.91 Å². The van der Waals surface area contributed by atoms with Crippen LogP contribution in [0.1, 0.15) is 64.4 Å². The van der Waals surface area contributed by atoms with Gasteiger partial charge in [0, 0.05) is 12.5 Å². The van der Waals surface area contributed by atoms with E-state index in [0.717, 1.165) is 6.42 Å². The molecule has 0 unspecified atom stereocenters. The highest BCUT2D eigenvalue weighted by Crippen LogP contribution is 2.51. The lowest BCUT2D eigenvalue weighted by molar-refractivity contribution is -0.223. The molecule has 0 radical (unpaired) electrons. The fourth-order valence-electron chi connectivity index (χ4n) is 4.87. The van der Waals surface area contributed by atoms with Crippen molar-refractivity contribution < 1.29 is 19.7 Å². The maximum Gasteiger partial charge on any atom is 0.222 e. The number of hydrogen-bond donors (Lipinski definition) is 3. The quantitative estimate of drug-likeness (QED) is 0.739. The van der Waals surface area contributed by atoms with E-state index in [0.29, 0.717) is 25.7 Å². The summed E-state index contributed by atoms with van der Waals surface area (Å²) in [6.07, 6.45) is 2.64. The van der Waals surface area contributed by atoms with Crippen LogP contribution in [0.15, 0.2) is 30.3 Å². The largest absolute Gasteiger partial charge is 0.396 e. The molecule has 0 aliphatic carbocycles. The molecule has 2 aliphatic heterocycles. The van der Waals surface area contributed by atoms with E-state index in [1.807, 2.05) is 39.0 Å². The van der Waals surface area contributed by atoms with Crippen LogP contribution >= 0.6 is 0 Å². The van der Waals surface area contributed by atoms with E-state index in [1.165, 1.54) is 5.56 Å². The van der Waals surface area contributed by atoms with Gasteiger partial charge >= 0.3 is 0 Å². The fourth-order valence-corrected chi connectivity index (χ4v) is 4.87. The summed E-state index contributed by atoms with van der Waals surface area (Å²) in [5.74, 6) is 0.0811. The molecule has 27 heavy (non-hydrogen) atoms. The molecule has 2 aliphatic rings. The number of aliphatic hydroxyl groups excluding tert-OH is 2. The molecule has 1 amide bonds. The molecule has 0 saturated carbocycles. The predicted molar refractivity (Wildman–Crippen MR) is 104 cm³/mol. The third-order valence-electron chi connectivity index (χ3n) is 6.33. The number of nitrogens with one attached hydrogen (secondary N) is 1. The van der Waals surface area contributed by atoms with E-state index in [1.54, 1.807) is 0 Å². The Hall–Kier alpha value is -1.43. The molecule has 150 valence electrons. The lowest BCUT2D eigenvalue weighted by Crippen LogP contribution is -2.58. The normalized spacial score (nSPS) is 36.3. The van der Waals surface area contributed by atoms with Crippen LogP contribution in [0, 0.1) is 5.92 Å². The first-order chi connectivity index (χ1) is 12.8. The average molecular weight is 376 g/mol. The van der Waals surface area contributed by atoms with Gasteiger partial charge in [-0.2, -0.15) is 0 Å². The molecule has 2 bridgehead atoms. The molecule has 1 aromatic carbocycles. The minimum absolute atomic E-state index is 0.0464. The van der Waals surface area contributed by atoms with Gasteiger partial charge in [0.25, 0.3) is 0 Å². The second kappa shape index (κ2) is 7.90. The summed E-state index contributed by atoms with van der Waals surface area (Å²) in [6.45, 7) is 5.72. The molecule has 0 aromatic heterocycles. The zero-order chi connectivity index (χ0) is 19.7. The van der Waals surface area contributed by atoms with Gasteiger partial charge in [-0.25, -0.2) is 0 Å². The Labute approximate surface area is 162 Å². The van der Waals surface area contributed by atoms with Crippen LogP contribution in [0.4, 0.5) is 0 Å². The number of hydrogen-bond acceptors (Lipinski definition) is 4. The van der Waals surface area contributed by atoms with E-state index in [9.17, 15) is 15.0 Å².